The molecule has 0 amide bonds. The van der Waals surface area contributed by atoms with E-state index in [1.54, 1.807) is 6.08 Å². The summed E-state index contributed by atoms with van der Waals surface area (Å²) in [4.78, 5) is 16.4. The zero-order valence-electron chi connectivity index (χ0n) is 20.4. The summed E-state index contributed by atoms with van der Waals surface area (Å²) in [6, 6.07) is 8.11. The van der Waals surface area contributed by atoms with Crippen molar-refractivity contribution in [2.45, 2.75) is 47.0 Å². The number of hydrogen-bond donors (Lipinski definition) is 4. The van der Waals surface area contributed by atoms with Gasteiger partial charge in [-0.3, -0.25) is 0 Å². The van der Waals surface area contributed by atoms with Crippen LogP contribution in [0.1, 0.15) is 44.2 Å². The number of aromatic nitrogens is 2. The summed E-state index contributed by atoms with van der Waals surface area (Å²) < 4.78 is 0. The van der Waals surface area contributed by atoms with E-state index < -0.39 is 0 Å². The predicted molar refractivity (Wildman–Crippen MR) is 138 cm³/mol. The van der Waals surface area contributed by atoms with Gasteiger partial charge in [-0.25, -0.2) is 4.99 Å². The molecule has 0 radical (unpaired) electrons. The highest BCUT2D eigenvalue weighted by Gasteiger charge is 2.24. The average molecular weight is 451 g/mol. The Morgan fingerprint density at radius 2 is 1.88 bits per heavy atom. The maximum Gasteiger partial charge on any atom is 0.226 e. The summed E-state index contributed by atoms with van der Waals surface area (Å²) in [5.41, 5.74) is 16.0. The van der Waals surface area contributed by atoms with Crippen molar-refractivity contribution in [1.82, 2.24) is 14.9 Å². The first kappa shape index (κ1) is 24.5. The Morgan fingerprint density at radius 3 is 2.55 bits per heavy atom. The van der Waals surface area contributed by atoms with Gasteiger partial charge in [0.05, 0.1) is 0 Å². The second-order valence-corrected chi connectivity index (χ2v) is 8.55. The van der Waals surface area contributed by atoms with E-state index in [2.05, 4.69) is 52.3 Å². The Balaban J connectivity index is 1.84. The lowest BCUT2D eigenvalue weighted by atomic mass is 10.2. The van der Waals surface area contributed by atoms with E-state index in [9.17, 15) is 0 Å². The van der Waals surface area contributed by atoms with Gasteiger partial charge in [-0.15, -0.1) is 0 Å². The van der Waals surface area contributed by atoms with Crippen molar-refractivity contribution in [3.8, 4) is 0 Å². The Kier molecular flexibility index (Phi) is 8.65. The molecular weight excluding hydrogens is 412 g/mol. The SMILES string of the molecule is CCN(CC)CCCNc1nc(N=C(N)/C=C(\N)C2CC2)c(C)c(Nc2ccccc2C)n1. The van der Waals surface area contributed by atoms with E-state index in [0.717, 1.165) is 68.0 Å². The topological polar surface area (TPSA) is 117 Å². The van der Waals surface area contributed by atoms with Crippen molar-refractivity contribution in [3.63, 3.8) is 0 Å². The second kappa shape index (κ2) is 11.7. The monoisotopic (exact) mass is 450 g/mol. The number of benzene rings is 1. The molecule has 0 atom stereocenters. The van der Waals surface area contributed by atoms with Crippen LogP contribution in [0, 0.1) is 19.8 Å². The Bertz CT molecular complexity index is 990. The van der Waals surface area contributed by atoms with Gasteiger partial charge >= 0.3 is 0 Å². The third-order valence-electron chi connectivity index (χ3n) is 5.95. The maximum absolute atomic E-state index is 6.19. The number of nitrogens with one attached hydrogen (secondary N) is 2. The summed E-state index contributed by atoms with van der Waals surface area (Å²) in [5, 5.41) is 6.80. The number of hydrogen-bond acceptors (Lipinski definition) is 7. The van der Waals surface area contributed by atoms with Crippen molar-refractivity contribution < 1.29 is 0 Å². The molecule has 1 aromatic heterocycles. The quantitative estimate of drug-likeness (QED) is 0.217. The summed E-state index contributed by atoms with van der Waals surface area (Å²) in [6.07, 6.45) is 4.99. The highest BCUT2D eigenvalue weighted by molar-refractivity contribution is 5.94. The van der Waals surface area contributed by atoms with E-state index in [1.807, 2.05) is 25.1 Å². The van der Waals surface area contributed by atoms with Crippen LogP contribution in [-0.2, 0) is 0 Å². The molecule has 0 bridgehead atoms. The van der Waals surface area contributed by atoms with Gasteiger partial charge in [-0.1, -0.05) is 32.0 Å². The number of rotatable bonds is 12. The van der Waals surface area contributed by atoms with Gasteiger partial charge in [0, 0.05) is 23.5 Å². The van der Waals surface area contributed by atoms with Gasteiger partial charge in [-0.05, 0) is 76.4 Å². The lowest BCUT2D eigenvalue weighted by molar-refractivity contribution is 0.303. The number of aryl methyl sites for hydroxylation is 1. The maximum atomic E-state index is 6.19. The van der Waals surface area contributed by atoms with Gasteiger partial charge in [0.15, 0.2) is 5.82 Å². The molecule has 8 heteroatoms. The van der Waals surface area contributed by atoms with Crippen LogP contribution in [0.25, 0.3) is 0 Å². The van der Waals surface area contributed by atoms with Crippen LogP contribution >= 0.6 is 0 Å². The summed E-state index contributed by atoms with van der Waals surface area (Å²) >= 11 is 0. The zero-order chi connectivity index (χ0) is 23.8. The number of para-hydroxylation sites is 1. The summed E-state index contributed by atoms with van der Waals surface area (Å²) in [6.45, 7) is 12.3. The molecule has 0 spiro atoms. The molecule has 3 rings (SSSR count). The Hall–Kier alpha value is -3.13. The molecule has 2 aromatic rings. The van der Waals surface area contributed by atoms with Crippen molar-refractivity contribution in [2.24, 2.45) is 22.4 Å². The van der Waals surface area contributed by atoms with Crippen molar-refractivity contribution in [2.75, 3.05) is 36.8 Å². The van der Waals surface area contributed by atoms with Crippen LogP contribution in [0.4, 0.5) is 23.3 Å². The van der Waals surface area contributed by atoms with E-state index >= 15 is 0 Å². The minimum Gasteiger partial charge on any atom is -0.402 e. The number of amidine groups is 1. The predicted octanol–water partition coefficient (Wildman–Crippen LogP) is 4.22. The number of nitrogens with two attached hydrogens (primary N) is 2. The molecule has 33 heavy (non-hydrogen) atoms. The fourth-order valence-corrected chi connectivity index (χ4v) is 3.56. The molecule has 1 aliphatic carbocycles. The van der Waals surface area contributed by atoms with E-state index in [1.165, 1.54) is 0 Å². The molecule has 8 nitrogen and oxygen atoms in total. The van der Waals surface area contributed by atoms with Crippen LogP contribution in [0.5, 0.6) is 0 Å². The number of allylic oxidation sites excluding steroid dienone is 1. The van der Waals surface area contributed by atoms with Gasteiger partial charge < -0.3 is 27.0 Å². The van der Waals surface area contributed by atoms with Crippen molar-refractivity contribution in [1.29, 1.82) is 0 Å². The number of nitrogens with zero attached hydrogens (tertiary/aromatic N) is 4. The standard InChI is InChI=1S/C25H38N8/c1-5-33(6-2)15-9-14-28-25-31-23(29-21-11-8-7-10-17(21)3)18(4)24(32-25)30-22(27)16-20(26)19-12-13-19/h7-8,10-11,16,19H,5-6,9,12-15,26H2,1-4H3,(H4,27,28,29,30,31,32)/b20-16-. The smallest absolute Gasteiger partial charge is 0.226 e. The van der Waals surface area contributed by atoms with Gasteiger partial charge in [-0.2, -0.15) is 9.97 Å². The van der Waals surface area contributed by atoms with Crippen LogP contribution in [0.3, 0.4) is 0 Å². The molecule has 178 valence electrons. The lowest BCUT2D eigenvalue weighted by Gasteiger charge is -2.18. The Labute approximate surface area is 197 Å². The zero-order valence-corrected chi connectivity index (χ0v) is 20.4. The first-order valence-electron chi connectivity index (χ1n) is 11.9. The largest absolute Gasteiger partial charge is 0.402 e. The first-order chi connectivity index (χ1) is 15.9. The van der Waals surface area contributed by atoms with E-state index in [4.69, 9.17) is 16.5 Å². The van der Waals surface area contributed by atoms with E-state index in [0.29, 0.717) is 29.3 Å². The molecule has 1 saturated carbocycles. The molecule has 1 fully saturated rings. The highest BCUT2D eigenvalue weighted by atomic mass is 15.2. The third-order valence-corrected chi connectivity index (χ3v) is 5.95. The van der Waals surface area contributed by atoms with Gasteiger partial charge in [0.1, 0.15) is 11.7 Å². The molecule has 1 aliphatic rings. The second-order valence-electron chi connectivity index (χ2n) is 8.55. The average Bonchev–Trinajstić information content (AvgIpc) is 3.64. The Morgan fingerprint density at radius 1 is 1.15 bits per heavy atom. The van der Waals surface area contributed by atoms with Gasteiger partial charge in [0.25, 0.3) is 0 Å². The normalized spacial score (nSPS) is 14.6. The number of anilines is 3. The molecule has 0 aliphatic heterocycles. The minimum atomic E-state index is 0.357. The van der Waals surface area contributed by atoms with Crippen molar-refractivity contribution >= 4 is 29.1 Å². The van der Waals surface area contributed by atoms with Crippen LogP contribution in [-0.4, -0.2) is 46.9 Å². The minimum absolute atomic E-state index is 0.357. The molecule has 0 unspecified atom stereocenters. The molecule has 1 heterocycles. The number of aliphatic imine (C=N–C) groups is 1. The fraction of sp³-hybridized carbons (Fsp3) is 0.480. The van der Waals surface area contributed by atoms with Crippen LogP contribution in [0.15, 0.2) is 41.0 Å². The third kappa shape index (κ3) is 7.18. The summed E-state index contributed by atoms with van der Waals surface area (Å²) in [7, 11) is 0. The van der Waals surface area contributed by atoms with Crippen LogP contribution < -0.4 is 22.1 Å². The molecular formula is C25H38N8. The fourth-order valence-electron chi connectivity index (χ4n) is 3.56. The lowest BCUT2D eigenvalue weighted by Crippen LogP contribution is -2.25. The molecule has 6 N–H and O–H groups in total. The summed E-state index contributed by atoms with van der Waals surface area (Å²) in [5.74, 6) is 2.56. The van der Waals surface area contributed by atoms with Crippen LogP contribution in [0.2, 0.25) is 0 Å². The van der Waals surface area contributed by atoms with Crippen molar-refractivity contribution in [3.05, 3.63) is 47.2 Å². The highest BCUT2D eigenvalue weighted by Crippen LogP contribution is 2.34. The first-order valence-corrected chi connectivity index (χ1v) is 11.9. The molecule has 1 aromatic carbocycles. The van der Waals surface area contributed by atoms with E-state index in [-0.39, 0.29) is 0 Å². The van der Waals surface area contributed by atoms with Gasteiger partial charge in [0.2, 0.25) is 5.95 Å². The molecule has 0 saturated heterocycles.